The Hall–Kier alpha value is -2.77. The molecule has 1 aliphatic heterocycles. The van der Waals surface area contributed by atoms with E-state index in [0.29, 0.717) is 22.2 Å². The zero-order valence-corrected chi connectivity index (χ0v) is 20.4. The van der Waals surface area contributed by atoms with Crippen molar-refractivity contribution in [3.63, 3.8) is 0 Å². The first kappa shape index (κ1) is 23.9. The van der Waals surface area contributed by atoms with Crippen LogP contribution in [0.15, 0.2) is 42.0 Å². The van der Waals surface area contributed by atoms with Gasteiger partial charge in [-0.25, -0.2) is 0 Å². The van der Waals surface area contributed by atoms with Crippen molar-refractivity contribution in [3.05, 3.63) is 63.7 Å². The second-order valence-corrected chi connectivity index (χ2v) is 9.58. The second kappa shape index (κ2) is 9.79. The molecule has 1 heterocycles. The summed E-state index contributed by atoms with van der Waals surface area (Å²) < 4.78 is 0. The van der Waals surface area contributed by atoms with Gasteiger partial charge in [-0.3, -0.25) is 4.79 Å². The van der Waals surface area contributed by atoms with Crippen LogP contribution in [0, 0.1) is 11.3 Å². The van der Waals surface area contributed by atoms with Gasteiger partial charge in [-0.1, -0.05) is 44.5 Å². The van der Waals surface area contributed by atoms with Gasteiger partial charge >= 0.3 is 0 Å². The average molecular weight is 450 g/mol. The van der Waals surface area contributed by atoms with E-state index < -0.39 is 5.91 Å². The molecule has 0 saturated heterocycles. The van der Waals surface area contributed by atoms with Gasteiger partial charge in [0.15, 0.2) is 0 Å². The van der Waals surface area contributed by atoms with Gasteiger partial charge in [0.2, 0.25) is 0 Å². The zero-order valence-electron chi connectivity index (χ0n) is 19.6. The van der Waals surface area contributed by atoms with Crippen molar-refractivity contribution in [3.8, 4) is 6.07 Å². The van der Waals surface area contributed by atoms with Crippen LogP contribution < -0.4 is 10.2 Å². The predicted molar refractivity (Wildman–Crippen MR) is 134 cm³/mol. The van der Waals surface area contributed by atoms with Crippen LogP contribution in [0.1, 0.15) is 70.1 Å². The van der Waals surface area contributed by atoms with E-state index in [0.717, 1.165) is 31.5 Å². The smallest absolute Gasteiger partial charge is 0.266 e. The number of nitriles is 1. The van der Waals surface area contributed by atoms with Crippen LogP contribution in [0.25, 0.3) is 6.08 Å². The lowest BCUT2D eigenvalue weighted by Crippen LogP contribution is -2.48. The fraction of sp³-hybridized carbons (Fsp3) is 0.407. The monoisotopic (exact) mass is 449 g/mol. The first-order valence-electron chi connectivity index (χ1n) is 11.3. The van der Waals surface area contributed by atoms with Gasteiger partial charge in [0, 0.05) is 28.5 Å². The minimum atomic E-state index is -0.438. The Morgan fingerprint density at radius 2 is 1.97 bits per heavy atom. The maximum Gasteiger partial charge on any atom is 0.266 e. The molecule has 0 radical (unpaired) electrons. The normalized spacial score (nSPS) is 17.5. The van der Waals surface area contributed by atoms with Gasteiger partial charge in [-0.05, 0) is 86.1 Å². The molecular weight excluding hydrogens is 418 g/mol. The molecule has 0 bridgehead atoms. The number of hydrogen-bond acceptors (Lipinski definition) is 3. The summed E-state index contributed by atoms with van der Waals surface area (Å²) in [4.78, 5) is 15.2. The summed E-state index contributed by atoms with van der Waals surface area (Å²) >= 11 is 6.65. The third kappa shape index (κ3) is 5.00. The van der Waals surface area contributed by atoms with E-state index in [2.05, 4.69) is 44.8 Å². The van der Waals surface area contributed by atoms with Gasteiger partial charge in [-0.2, -0.15) is 5.26 Å². The number of anilines is 2. The van der Waals surface area contributed by atoms with Crippen molar-refractivity contribution >= 4 is 35.0 Å². The van der Waals surface area contributed by atoms with Crippen LogP contribution in [0.5, 0.6) is 0 Å². The Morgan fingerprint density at radius 3 is 2.56 bits per heavy atom. The van der Waals surface area contributed by atoms with Crippen LogP contribution in [-0.2, 0) is 11.2 Å². The molecule has 0 fully saturated rings. The molecule has 1 aliphatic rings. The molecule has 1 unspecified atom stereocenters. The Morgan fingerprint density at radius 1 is 1.28 bits per heavy atom. The molecule has 2 aromatic carbocycles. The summed E-state index contributed by atoms with van der Waals surface area (Å²) in [6, 6.07) is 13.7. The second-order valence-electron chi connectivity index (χ2n) is 9.18. The average Bonchev–Trinajstić information content (AvgIpc) is 2.75. The number of nitrogens with zero attached hydrogens (tertiary/aromatic N) is 2. The largest absolute Gasteiger partial charge is 0.366 e. The minimum absolute atomic E-state index is 0.0284. The SMILES string of the molecule is CCCN1c2cc(Cl)c(/C=C(\C#N)C(=O)Nc3ccc(CC)cc3)cc2C(C)CC1(C)C. The zero-order chi connectivity index (χ0) is 23.5. The number of benzene rings is 2. The highest BCUT2D eigenvalue weighted by atomic mass is 35.5. The van der Waals surface area contributed by atoms with Crippen molar-refractivity contribution in [2.24, 2.45) is 0 Å². The van der Waals surface area contributed by atoms with Crippen LogP contribution in [0.3, 0.4) is 0 Å². The van der Waals surface area contributed by atoms with Gasteiger partial charge < -0.3 is 10.2 Å². The molecule has 2 aromatic rings. The number of amides is 1. The van der Waals surface area contributed by atoms with Gasteiger partial charge in [0.05, 0.1) is 0 Å². The number of hydrogen-bond donors (Lipinski definition) is 1. The number of aryl methyl sites for hydroxylation is 1. The van der Waals surface area contributed by atoms with Gasteiger partial charge in [0.25, 0.3) is 5.91 Å². The molecule has 0 saturated carbocycles. The molecule has 0 spiro atoms. The molecule has 1 atom stereocenters. The van der Waals surface area contributed by atoms with Crippen LogP contribution in [0.4, 0.5) is 11.4 Å². The summed E-state index contributed by atoms with van der Waals surface area (Å²) in [5.41, 5.74) is 4.99. The number of halogens is 1. The number of fused-ring (bicyclic) bond motifs is 1. The van der Waals surface area contributed by atoms with Crippen LogP contribution in [-0.4, -0.2) is 18.0 Å². The van der Waals surface area contributed by atoms with Gasteiger partial charge in [-0.15, -0.1) is 0 Å². The number of nitrogens with one attached hydrogen (secondary N) is 1. The highest BCUT2D eigenvalue weighted by Crippen LogP contribution is 2.45. The maximum absolute atomic E-state index is 12.7. The van der Waals surface area contributed by atoms with E-state index in [4.69, 9.17) is 11.6 Å². The van der Waals surface area contributed by atoms with E-state index in [9.17, 15) is 10.1 Å². The summed E-state index contributed by atoms with van der Waals surface area (Å²) in [7, 11) is 0. The van der Waals surface area contributed by atoms with Crippen molar-refractivity contribution in [1.29, 1.82) is 5.26 Å². The van der Waals surface area contributed by atoms with E-state index in [1.165, 1.54) is 11.1 Å². The predicted octanol–water partition coefficient (Wildman–Crippen LogP) is 6.95. The Bertz CT molecular complexity index is 1060. The number of rotatable bonds is 6. The standard InChI is InChI=1S/C27H32ClN3O/c1-6-12-31-25-15-24(28)20(14-23(25)18(3)16-27(31,4)5)13-21(17-29)26(32)30-22-10-8-19(7-2)9-11-22/h8-11,13-15,18H,6-7,12,16H2,1-5H3,(H,30,32)/b21-13+. The molecule has 5 heteroatoms. The van der Waals surface area contributed by atoms with Crippen molar-refractivity contribution in [2.75, 3.05) is 16.8 Å². The van der Waals surface area contributed by atoms with Crippen LogP contribution in [0.2, 0.25) is 5.02 Å². The Kier molecular flexibility index (Phi) is 7.31. The van der Waals surface area contributed by atoms with Gasteiger partial charge in [0.1, 0.15) is 11.6 Å². The fourth-order valence-corrected chi connectivity index (χ4v) is 4.82. The van der Waals surface area contributed by atoms with Crippen molar-refractivity contribution in [2.45, 2.75) is 65.3 Å². The molecule has 1 amide bonds. The molecule has 0 aromatic heterocycles. The first-order chi connectivity index (χ1) is 15.2. The fourth-order valence-electron chi connectivity index (χ4n) is 4.60. The lowest BCUT2D eigenvalue weighted by molar-refractivity contribution is -0.112. The first-order valence-corrected chi connectivity index (χ1v) is 11.7. The van der Waals surface area contributed by atoms with E-state index >= 15 is 0 Å². The van der Waals surface area contributed by atoms with Crippen LogP contribution >= 0.6 is 11.6 Å². The lowest BCUT2D eigenvalue weighted by atomic mass is 9.79. The quantitative estimate of drug-likeness (QED) is 0.383. The third-order valence-corrected chi connectivity index (χ3v) is 6.56. The van der Waals surface area contributed by atoms with Crippen molar-refractivity contribution < 1.29 is 4.79 Å². The lowest BCUT2D eigenvalue weighted by Gasteiger charge is -2.47. The Balaban J connectivity index is 1.93. The topological polar surface area (TPSA) is 56.1 Å². The Labute approximate surface area is 196 Å². The highest BCUT2D eigenvalue weighted by molar-refractivity contribution is 6.32. The maximum atomic E-state index is 12.7. The summed E-state index contributed by atoms with van der Waals surface area (Å²) in [6.45, 7) is 12.0. The molecule has 3 rings (SSSR count). The van der Waals surface area contributed by atoms with E-state index in [1.807, 2.05) is 42.5 Å². The van der Waals surface area contributed by atoms with E-state index in [-0.39, 0.29) is 11.1 Å². The molecule has 1 N–H and O–H groups in total. The minimum Gasteiger partial charge on any atom is -0.366 e. The summed E-state index contributed by atoms with van der Waals surface area (Å²) in [5.74, 6) is -0.0821. The molecule has 4 nitrogen and oxygen atoms in total. The summed E-state index contributed by atoms with van der Waals surface area (Å²) in [5, 5.41) is 13.0. The van der Waals surface area contributed by atoms with Crippen molar-refractivity contribution in [1.82, 2.24) is 0 Å². The highest BCUT2D eigenvalue weighted by Gasteiger charge is 2.36. The molecule has 0 aliphatic carbocycles. The molecular formula is C27H32ClN3O. The third-order valence-electron chi connectivity index (χ3n) is 6.24. The number of carbonyl (C=O) groups is 1. The number of carbonyl (C=O) groups excluding carboxylic acids is 1. The molecule has 168 valence electrons. The van der Waals surface area contributed by atoms with E-state index in [1.54, 1.807) is 6.08 Å². The summed E-state index contributed by atoms with van der Waals surface area (Å²) in [6.07, 6.45) is 4.60. The molecule has 32 heavy (non-hydrogen) atoms.